The second-order valence-corrected chi connectivity index (χ2v) is 7.44. The minimum absolute atomic E-state index is 0.00464. The van der Waals surface area contributed by atoms with Gasteiger partial charge in [-0.25, -0.2) is 9.59 Å². The van der Waals surface area contributed by atoms with Crippen LogP contribution in [0.5, 0.6) is 0 Å². The standard InChI is InChI=1S/C19H27N3O4/c1-4-12(2)17(18(24)26-3)20-19(25)21-9-13-8-14(11-21)15-6-5-7-16(23)22(15)10-13/h5-7,12-14,17H,4,8-11H2,1-3H3,(H,20,25)/t12?,13-,14+,17+/m0/s1. The fraction of sp³-hybridized carbons (Fsp3) is 0.632. The van der Waals surface area contributed by atoms with E-state index in [1.807, 2.05) is 24.5 Å². The number of rotatable bonds is 4. The van der Waals surface area contributed by atoms with Crippen LogP contribution < -0.4 is 10.9 Å². The van der Waals surface area contributed by atoms with Crippen LogP contribution in [0.25, 0.3) is 0 Å². The zero-order chi connectivity index (χ0) is 18.8. The number of likely N-dealkylation sites (tertiary alicyclic amines) is 1. The van der Waals surface area contributed by atoms with Crippen LogP contribution >= 0.6 is 0 Å². The van der Waals surface area contributed by atoms with Crippen molar-refractivity contribution in [3.8, 4) is 0 Å². The summed E-state index contributed by atoms with van der Waals surface area (Å²) in [4.78, 5) is 38.7. The first-order chi connectivity index (χ1) is 12.4. The average molecular weight is 361 g/mol. The van der Waals surface area contributed by atoms with Gasteiger partial charge in [0.05, 0.1) is 7.11 Å². The molecule has 3 heterocycles. The van der Waals surface area contributed by atoms with E-state index in [0.717, 1.165) is 18.5 Å². The highest BCUT2D eigenvalue weighted by molar-refractivity contribution is 5.84. The van der Waals surface area contributed by atoms with Crippen molar-refractivity contribution >= 4 is 12.0 Å². The number of urea groups is 1. The molecule has 0 saturated carbocycles. The zero-order valence-corrected chi connectivity index (χ0v) is 15.6. The van der Waals surface area contributed by atoms with Gasteiger partial charge in [0.2, 0.25) is 0 Å². The van der Waals surface area contributed by atoms with E-state index in [1.165, 1.54) is 7.11 Å². The van der Waals surface area contributed by atoms with Gasteiger partial charge in [0, 0.05) is 37.3 Å². The molecule has 0 aromatic carbocycles. The van der Waals surface area contributed by atoms with Gasteiger partial charge in [-0.15, -0.1) is 0 Å². The predicted molar refractivity (Wildman–Crippen MR) is 96.9 cm³/mol. The molecule has 3 rings (SSSR count). The van der Waals surface area contributed by atoms with Gasteiger partial charge in [-0.3, -0.25) is 4.79 Å². The van der Waals surface area contributed by atoms with Gasteiger partial charge in [-0.05, 0) is 24.3 Å². The quantitative estimate of drug-likeness (QED) is 0.826. The van der Waals surface area contributed by atoms with Crippen molar-refractivity contribution in [2.24, 2.45) is 11.8 Å². The molecule has 1 unspecified atom stereocenters. The lowest BCUT2D eigenvalue weighted by Gasteiger charge is -2.43. The van der Waals surface area contributed by atoms with Crippen LogP contribution in [-0.2, 0) is 16.1 Å². The topological polar surface area (TPSA) is 80.6 Å². The maximum atomic E-state index is 12.8. The van der Waals surface area contributed by atoms with E-state index in [0.29, 0.717) is 19.6 Å². The maximum absolute atomic E-state index is 12.8. The summed E-state index contributed by atoms with van der Waals surface area (Å²) >= 11 is 0. The monoisotopic (exact) mass is 361 g/mol. The Morgan fingerprint density at radius 3 is 2.77 bits per heavy atom. The third-order valence-corrected chi connectivity index (χ3v) is 5.71. The SMILES string of the molecule is CCC(C)[C@@H](NC(=O)N1C[C@@H]2C[C@H](C1)c1cccc(=O)n1C2)C(=O)OC. The number of carbonyl (C=O) groups is 2. The number of hydrogen-bond acceptors (Lipinski definition) is 4. The molecule has 2 bridgehead atoms. The van der Waals surface area contributed by atoms with Gasteiger partial charge in [-0.2, -0.15) is 0 Å². The van der Waals surface area contributed by atoms with Crippen LogP contribution in [0, 0.1) is 11.8 Å². The first-order valence-corrected chi connectivity index (χ1v) is 9.27. The molecule has 1 aromatic rings. The predicted octanol–water partition coefficient (Wildman–Crippen LogP) is 1.56. The van der Waals surface area contributed by atoms with Crippen LogP contribution in [-0.4, -0.2) is 47.7 Å². The number of pyridine rings is 1. The number of carbonyl (C=O) groups excluding carboxylic acids is 2. The van der Waals surface area contributed by atoms with Gasteiger partial charge in [0.1, 0.15) is 6.04 Å². The molecular weight excluding hydrogens is 334 g/mol. The summed E-state index contributed by atoms with van der Waals surface area (Å²) in [7, 11) is 1.34. The summed E-state index contributed by atoms with van der Waals surface area (Å²) in [6, 6.07) is 4.46. The Labute approximate surface area is 153 Å². The second kappa shape index (κ2) is 7.51. The number of piperidine rings is 1. The minimum atomic E-state index is -0.644. The van der Waals surface area contributed by atoms with Crippen molar-refractivity contribution in [1.82, 2.24) is 14.8 Å². The summed E-state index contributed by atoms with van der Waals surface area (Å²) in [5, 5.41) is 2.86. The smallest absolute Gasteiger partial charge is 0.328 e. The molecule has 0 aliphatic carbocycles. The number of aromatic nitrogens is 1. The van der Waals surface area contributed by atoms with E-state index in [2.05, 4.69) is 5.32 Å². The molecule has 142 valence electrons. The van der Waals surface area contributed by atoms with Crippen LogP contribution in [0.15, 0.2) is 23.0 Å². The lowest BCUT2D eigenvalue weighted by Crippen LogP contribution is -2.55. The molecule has 2 aliphatic heterocycles. The number of ether oxygens (including phenoxy) is 1. The molecule has 1 N–H and O–H groups in total. The average Bonchev–Trinajstić information content (AvgIpc) is 2.65. The molecule has 26 heavy (non-hydrogen) atoms. The number of nitrogens with zero attached hydrogens (tertiary/aromatic N) is 2. The van der Waals surface area contributed by atoms with Crippen molar-refractivity contribution in [1.29, 1.82) is 0 Å². The second-order valence-electron chi connectivity index (χ2n) is 7.44. The number of hydrogen-bond donors (Lipinski definition) is 1. The van der Waals surface area contributed by atoms with Crippen LogP contribution in [0.4, 0.5) is 4.79 Å². The lowest BCUT2D eigenvalue weighted by molar-refractivity contribution is -0.144. The molecule has 1 fully saturated rings. The Balaban J connectivity index is 1.74. The molecular formula is C19H27N3O4. The summed E-state index contributed by atoms with van der Waals surface area (Å²) < 4.78 is 6.69. The highest BCUT2D eigenvalue weighted by Crippen LogP contribution is 2.34. The van der Waals surface area contributed by atoms with E-state index in [4.69, 9.17) is 4.74 Å². The van der Waals surface area contributed by atoms with Crippen LogP contribution in [0.1, 0.15) is 38.3 Å². The van der Waals surface area contributed by atoms with E-state index in [9.17, 15) is 14.4 Å². The number of fused-ring (bicyclic) bond motifs is 4. The Bertz CT molecular complexity index is 745. The summed E-state index contributed by atoms with van der Waals surface area (Å²) in [6.45, 7) is 5.70. The molecule has 0 radical (unpaired) electrons. The largest absolute Gasteiger partial charge is 0.467 e. The van der Waals surface area contributed by atoms with Gasteiger partial charge < -0.3 is 19.5 Å². The molecule has 1 saturated heterocycles. The van der Waals surface area contributed by atoms with Crippen molar-refractivity contribution in [2.75, 3.05) is 20.2 Å². The normalized spacial score (nSPS) is 23.6. The van der Waals surface area contributed by atoms with Crippen molar-refractivity contribution in [2.45, 2.75) is 45.2 Å². The van der Waals surface area contributed by atoms with Gasteiger partial charge in [-0.1, -0.05) is 26.3 Å². The van der Waals surface area contributed by atoms with E-state index < -0.39 is 12.0 Å². The number of methoxy groups -OCH3 is 1. The van der Waals surface area contributed by atoms with Gasteiger partial charge >= 0.3 is 12.0 Å². The van der Waals surface area contributed by atoms with Crippen molar-refractivity contribution in [3.05, 3.63) is 34.2 Å². The molecule has 7 nitrogen and oxygen atoms in total. The fourth-order valence-corrected chi connectivity index (χ4v) is 4.08. The number of nitrogens with one attached hydrogen (secondary N) is 1. The van der Waals surface area contributed by atoms with E-state index in [-0.39, 0.29) is 29.3 Å². The molecule has 2 amide bonds. The van der Waals surface area contributed by atoms with Crippen LogP contribution in [0.2, 0.25) is 0 Å². The first-order valence-electron chi connectivity index (χ1n) is 9.27. The van der Waals surface area contributed by atoms with Gasteiger partial charge in [0.25, 0.3) is 5.56 Å². The third kappa shape index (κ3) is 3.48. The molecule has 0 spiro atoms. The summed E-state index contributed by atoms with van der Waals surface area (Å²) in [5.41, 5.74) is 1.02. The minimum Gasteiger partial charge on any atom is -0.467 e. The van der Waals surface area contributed by atoms with E-state index in [1.54, 1.807) is 17.0 Å². The van der Waals surface area contributed by atoms with Crippen LogP contribution in [0.3, 0.4) is 0 Å². The Morgan fingerprint density at radius 1 is 1.31 bits per heavy atom. The Morgan fingerprint density at radius 2 is 2.08 bits per heavy atom. The third-order valence-electron chi connectivity index (χ3n) is 5.71. The van der Waals surface area contributed by atoms with E-state index >= 15 is 0 Å². The molecule has 7 heteroatoms. The van der Waals surface area contributed by atoms with Crippen molar-refractivity contribution < 1.29 is 14.3 Å². The number of esters is 1. The molecule has 1 aromatic heterocycles. The highest BCUT2D eigenvalue weighted by atomic mass is 16.5. The zero-order valence-electron chi connectivity index (χ0n) is 15.6. The summed E-state index contributed by atoms with van der Waals surface area (Å²) in [6.07, 6.45) is 1.75. The summed E-state index contributed by atoms with van der Waals surface area (Å²) in [5.74, 6) is -0.00797. The van der Waals surface area contributed by atoms with Crippen molar-refractivity contribution in [3.63, 3.8) is 0 Å². The van der Waals surface area contributed by atoms with Gasteiger partial charge in [0.15, 0.2) is 0 Å². The maximum Gasteiger partial charge on any atom is 0.328 e. The Kier molecular flexibility index (Phi) is 5.34. The number of amides is 2. The lowest BCUT2D eigenvalue weighted by atomic mass is 9.83. The highest BCUT2D eigenvalue weighted by Gasteiger charge is 2.37. The Hall–Kier alpha value is -2.31. The fourth-order valence-electron chi connectivity index (χ4n) is 4.08. The first kappa shape index (κ1) is 18.5. The molecule has 2 aliphatic rings. The molecule has 4 atom stereocenters.